The number of benzene rings is 1. The van der Waals surface area contributed by atoms with E-state index in [1.807, 2.05) is 25.1 Å². The Balaban J connectivity index is 2.91. The van der Waals surface area contributed by atoms with Crippen molar-refractivity contribution in [2.45, 2.75) is 33.3 Å². The van der Waals surface area contributed by atoms with Gasteiger partial charge in [-0.2, -0.15) is 0 Å². The number of rotatable bonds is 3. The number of halogens is 1. The van der Waals surface area contributed by atoms with E-state index in [-0.39, 0.29) is 6.10 Å². The molecule has 0 amide bonds. The van der Waals surface area contributed by atoms with Crippen LogP contribution in [-0.4, -0.2) is 5.11 Å². The number of aliphatic hydroxyl groups is 1. The lowest BCUT2D eigenvalue weighted by Gasteiger charge is -2.18. The standard InChI is InChI=1S/C12H17BrO/c1-4-8(2)12(14)10-5-6-11(13)9(3)7-10/h5-8,12,14H,4H2,1-3H3. The summed E-state index contributed by atoms with van der Waals surface area (Å²) in [5.74, 6) is 0.315. The van der Waals surface area contributed by atoms with Crippen molar-refractivity contribution in [1.82, 2.24) is 0 Å². The van der Waals surface area contributed by atoms with Crippen molar-refractivity contribution in [3.8, 4) is 0 Å². The summed E-state index contributed by atoms with van der Waals surface area (Å²) in [7, 11) is 0. The van der Waals surface area contributed by atoms with Gasteiger partial charge in [-0.15, -0.1) is 0 Å². The van der Waals surface area contributed by atoms with E-state index in [0.717, 1.165) is 16.5 Å². The van der Waals surface area contributed by atoms with E-state index in [2.05, 4.69) is 29.8 Å². The van der Waals surface area contributed by atoms with Crippen LogP contribution in [0.2, 0.25) is 0 Å². The van der Waals surface area contributed by atoms with Crippen molar-refractivity contribution in [2.24, 2.45) is 5.92 Å². The molecule has 2 atom stereocenters. The van der Waals surface area contributed by atoms with Crippen LogP contribution in [0.1, 0.15) is 37.5 Å². The summed E-state index contributed by atoms with van der Waals surface area (Å²) in [6.07, 6.45) is 0.655. The molecule has 1 aromatic rings. The normalized spacial score (nSPS) is 15.2. The Morgan fingerprint density at radius 3 is 2.57 bits per heavy atom. The van der Waals surface area contributed by atoms with Crippen LogP contribution in [0.25, 0.3) is 0 Å². The molecule has 1 rings (SSSR count). The van der Waals surface area contributed by atoms with Gasteiger partial charge in [-0.05, 0) is 30.0 Å². The van der Waals surface area contributed by atoms with Gasteiger partial charge in [-0.1, -0.05) is 48.3 Å². The first-order valence-corrected chi connectivity index (χ1v) is 5.79. The Hall–Kier alpha value is -0.340. The van der Waals surface area contributed by atoms with Gasteiger partial charge in [0.1, 0.15) is 0 Å². The van der Waals surface area contributed by atoms with Gasteiger partial charge in [0.2, 0.25) is 0 Å². The highest BCUT2D eigenvalue weighted by atomic mass is 79.9. The second-order valence-corrected chi connectivity index (χ2v) is 4.69. The van der Waals surface area contributed by atoms with E-state index in [0.29, 0.717) is 5.92 Å². The zero-order valence-electron chi connectivity index (χ0n) is 8.92. The third kappa shape index (κ3) is 2.58. The maximum Gasteiger partial charge on any atom is 0.0815 e. The maximum absolute atomic E-state index is 9.99. The smallest absolute Gasteiger partial charge is 0.0815 e. The van der Waals surface area contributed by atoms with Gasteiger partial charge >= 0.3 is 0 Å². The van der Waals surface area contributed by atoms with E-state index >= 15 is 0 Å². The molecule has 0 saturated heterocycles. The van der Waals surface area contributed by atoms with Crippen molar-refractivity contribution in [3.63, 3.8) is 0 Å². The second-order valence-electron chi connectivity index (χ2n) is 3.84. The topological polar surface area (TPSA) is 20.2 Å². The van der Waals surface area contributed by atoms with Crippen LogP contribution in [0.4, 0.5) is 0 Å². The number of hydrogen-bond acceptors (Lipinski definition) is 1. The highest BCUT2D eigenvalue weighted by molar-refractivity contribution is 9.10. The first-order valence-electron chi connectivity index (χ1n) is 5.00. The molecule has 0 heterocycles. The average Bonchev–Trinajstić information content (AvgIpc) is 2.20. The van der Waals surface area contributed by atoms with E-state index in [4.69, 9.17) is 0 Å². The fourth-order valence-corrected chi connectivity index (χ4v) is 1.65. The lowest BCUT2D eigenvalue weighted by Crippen LogP contribution is -2.08. The summed E-state index contributed by atoms with van der Waals surface area (Å²) < 4.78 is 1.10. The summed E-state index contributed by atoms with van der Waals surface area (Å²) in [5, 5.41) is 9.99. The van der Waals surface area contributed by atoms with Crippen molar-refractivity contribution < 1.29 is 5.11 Å². The maximum atomic E-state index is 9.99. The summed E-state index contributed by atoms with van der Waals surface area (Å²) in [5.41, 5.74) is 2.19. The quantitative estimate of drug-likeness (QED) is 0.872. The van der Waals surface area contributed by atoms with Gasteiger partial charge < -0.3 is 5.11 Å². The molecular weight excluding hydrogens is 240 g/mol. The molecule has 0 aliphatic rings. The third-order valence-electron chi connectivity index (χ3n) is 2.71. The van der Waals surface area contributed by atoms with E-state index in [9.17, 15) is 5.11 Å². The summed E-state index contributed by atoms with van der Waals surface area (Å²) >= 11 is 3.45. The van der Waals surface area contributed by atoms with Crippen molar-refractivity contribution in [3.05, 3.63) is 33.8 Å². The van der Waals surface area contributed by atoms with Gasteiger partial charge in [0, 0.05) is 4.47 Å². The number of hydrogen-bond donors (Lipinski definition) is 1. The fourth-order valence-electron chi connectivity index (χ4n) is 1.40. The summed E-state index contributed by atoms with van der Waals surface area (Å²) in [6, 6.07) is 6.02. The molecule has 78 valence electrons. The molecular formula is C12H17BrO. The Labute approximate surface area is 94.3 Å². The zero-order chi connectivity index (χ0) is 10.7. The molecule has 1 aromatic carbocycles. The van der Waals surface area contributed by atoms with Crippen molar-refractivity contribution >= 4 is 15.9 Å². The minimum Gasteiger partial charge on any atom is -0.388 e. The van der Waals surface area contributed by atoms with E-state index in [1.165, 1.54) is 5.56 Å². The van der Waals surface area contributed by atoms with Crippen molar-refractivity contribution in [2.75, 3.05) is 0 Å². The molecule has 0 aromatic heterocycles. The first-order chi connectivity index (χ1) is 6.56. The molecule has 1 nitrogen and oxygen atoms in total. The predicted octanol–water partition coefficient (Wildman–Crippen LogP) is 3.84. The molecule has 2 heteroatoms. The molecule has 1 N–H and O–H groups in total. The van der Waals surface area contributed by atoms with E-state index < -0.39 is 0 Å². The molecule has 0 saturated carbocycles. The highest BCUT2D eigenvalue weighted by Crippen LogP contribution is 2.27. The van der Waals surface area contributed by atoms with Crippen LogP contribution >= 0.6 is 15.9 Å². The van der Waals surface area contributed by atoms with Gasteiger partial charge in [0.05, 0.1) is 6.10 Å². The molecule has 0 bridgehead atoms. The van der Waals surface area contributed by atoms with Crippen molar-refractivity contribution in [1.29, 1.82) is 0 Å². The monoisotopic (exact) mass is 256 g/mol. The van der Waals surface area contributed by atoms with Crippen LogP contribution in [0, 0.1) is 12.8 Å². The van der Waals surface area contributed by atoms with Gasteiger partial charge in [-0.3, -0.25) is 0 Å². The van der Waals surface area contributed by atoms with Gasteiger partial charge in [0.15, 0.2) is 0 Å². The predicted molar refractivity (Wildman–Crippen MR) is 63.3 cm³/mol. The Kier molecular flexibility index (Phi) is 4.14. The highest BCUT2D eigenvalue weighted by Gasteiger charge is 2.14. The molecule has 0 aliphatic carbocycles. The summed E-state index contributed by atoms with van der Waals surface area (Å²) in [6.45, 7) is 6.21. The second kappa shape index (κ2) is 4.94. The Morgan fingerprint density at radius 2 is 2.07 bits per heavy atom. The average molecular weight is 257 g/mol. The van der Waals surface area contributed by atoms with Crippen LogP contribution in [0.3, 0.4) is 0 Å². The Bertz CT molecular complexity index is 309. The van der Waals surface area contributed by atoms with Crippen LogP contribution in [0.15, 0.2) is 22.7 Å². The fraction of sp³-hybridized carbons (Fsp3) is 0.500. The lowest BCUT2D eigenvalue weighted by molar-refractivity contribution is 0.115. The lowest BCUT2D eigenvalue weighted by atomic mass is 9.94. The Morgan fingerprint density at radius 1 is 1.43 bits per heavy atom. The summed E-state index contributed by atoms with van der Waals surface area (Å²) in [4.78, 5) is 0. The zero-order valence-corrected chi connectivity index (χ0v) is 10.5. The largest absolute Gasteiger partial charge is 0.388 e. The number of aryl methyl sites for hydroxylation is 1. The minimum absolute atomic E-state index is 0.315. The molecule has 2 unspecified atom stereocenters. The van der Waals surface area contributed by atoms with Crippen LogP contribution in [0.5, 0.6) is 0 Å². The van der Waals surface area contributed by atoms with Crippen LogP contribution in [-0.2, 0) is 0 Å². The first kappa shape index (κ1) is 11.7. The molecule has 0 aliphatic heterocycles. The molecule has 14 heavy (non-hydrogen) atoms. The minimum atomic E-state index is -0.341. The van der Waals surface area contributed by atoms with Crippen LogP contribution < -0.4 is 0 Å². The molecule has 0 spiro atoms. The number of aliphatic hydroxyl groups excluding tert-OH is 1. The van der Waals surface area contributed by atoms with Gasteiger partial charge in [-0.25, -0.2) is 0 Å². The van der Waals surface area contributed by atoms with E-state index in [1.54, 1.807) is 0 Å². The SMILES string of the molecule is CCC(C)C(O)c1ccc(Br)c(C)c1. The molecule has 0 fully saturated rings. The van der Waals surface area contributed by atoms with Gasteiger partial charge in [0.25, 0.3) is 0 Å². The molecule has 0 radical (unpaired) electrons. The third-order valence-corrected chi connectivity index (χ3v) is 3.60.